The first kappa shape index (κ1) is 13.3. The van der Waals surface area contributed by atoms with Crippen molar-refractivity contribution in [2.24, 2.45) is 0 Å². The van der Waals surface area contributed by atoms with E-state index < -0.39 is 6.61 Å². The SMILES string of the molecule is FC(F)Oc1ccccc1CNc1ncnc2[nH]ccc12. The molecule has 2 aromatic heterocycles. The molecule has 0 atom stereocenters. The number of anilines is 1. The van der Waals surface area contributed by atoms with Crippen molar-refractivity contribution < 1.29 is 13.5 Å². The number of nitrogens with one attached hydrogen (secondary N) is 2. The smallest absolute Gasteiger partial charge is 0.387 e. The number of rotatable bonds is 5. The molecule has 0 bridgehead atoms. The standard InChI is InChI=1S/C14H12F2N4O/c15-14(16)21-11-4-2-1-3-9(11)7-18-13-10-5-6-17-12(10)19-8-20-13/h1-6,8,14H,7H2,(H2,17,18,19,20). The molecule has 3 rings (SSSR count). The highest BCUT2D eigenvalue weighted by atomic mass is 19.3. The summed E-state index contributed by atoms with van der Waals surface area (Å²) in [4.78, 5) is 11.2. The summed E-state index contributed by atoms with van der Waals surface area (Å²) >= 11 is 0. The number of aromatic nitrogens is 3. The molecule has 0 aliphatic rings. The molecule has 0 aliphatic carbocycles. The van der Waals surface area contributed by atoms with E-state index in [2.05, 4.69) is 25.0 Å². The molecule has 0 aliphatic heterocycles. The molecule has 2 heterocycles. The zero-order valence-corrected chi connectivity index (χ0v) is 10.9. The fraction of sp³-hybridized carbons (Fsp3) is 0.143. The summed E-state index contributed by atoms with van der Waals surface area (Å²) in [5.41, 5.74) is 1.34. The average Bonchev–Trinajstić information content (AvgIpc) is 2.95. The van der Waals surface area contributed by atoms with E-state index in [-0.39, 0.29) is 5.75 Å². The molecule has 0 saturated heterocycles. The van der Waals surface area contributed by atoms with Crippen molar-refractivity contribution >= 4 is 16.9 Å². The van der Waals surface area contributed by atoms with Crippen molar-refractivity contribution in [3.63, 3.8) is 0 Å². The summed E-state index contributed by atoms with van der Waals surface area (Å²) in [7, 11) is 0. The van der Waals surface area contributed by atoms with Gasteiger partial charge in [0.05, 0.1) is 5.39 Å². The monoisotopic (exact) mass is 290 g/mol. The Labute approximate surface area is 119 Å². The Balaban J connectivity index is 1.80. The minimum atomic E-state index is -2.85. The highest BCUT2D eigenvalue weighted by Crippen LogP contribution is 2.23. The van der Waals surface area contributed by atoms with Crippen LogP contribution in [-0.4, -0.2) is 21.6 Å². The number of hydrogen-bond acceptors (Lipinski definition) is 4. The van der Waals surface area contributed by atoms with Crippen LogP contribution in [0.25, 0.3) is 11.0 Å². The van der Waals surface area contributed by atoms with E-state index in [0.29, 0.717) is 23.6 Å². The molecule has 0 spiro atoms. The van der Waals surface area contributed by atoms with Gasteiger partial charge in [-0.3, -0.25) is 0 Å². The maximum Gasteiger partial charge on any atom is 0.387 e. The maximum atomic E-state index is 12.4. The number of ether oxygens (including phenoxy) is 1. The second-order valence-corrected chi connectivity index (χ2v) is 4.30. The number of nitrogens with zero attached hydrogens (tertiary/aromatic N) is 2. The first-order valence-corrected chi connectivity index (χ1v) is 6.29. The Morgan fingerprint density at radius 2 is 2.05 bits per heavy atom. The molecule has 1 aromatic carbocycles. The van der Waals surface area contributed by atoms with Crippen LogP contribution in [0.3, 0.4) is 0 Å². The lowest BCUT2D eigenvalue weighted by atomic mass is 10.2. The second-order valence-electron chi connectivity index (χ2n) is 4.30. The van der Waals surface area contributed by atoms with E-state index in [1.54, 1.807) is 24.4 Å². The molecule has 21 heavy (non-hydrogen) atoms. The zero-order valence-electron chi connectivity index (χ0n) is 10.9. The summed E-state index contributed by atoms with van der Waals surface area (Å²) in [6, 6.07) is 8.49. The maximum absolute atomic E-state index is 12.4. The summed E-state index contributed by atoms with van der Waals surface area (Å²) in [5.74, 6) is 0.785. The molecule has 3 aromatic rings. The number of fused-ring (bicyclic) bond motifs is 1. The summed E-state index contributed by atoms with van der Waals surface area (Å²) < 4.78 is 29.2. The van der Waals surface area contributed by atoms with Gasteiger partial charge in [-0.1, -0.05) is 18.2 Å². The van der Waals surface area contributed by atoms with Crippen LogP contribution in [0.4, 0.5) is 14.6 Å². The lowest BCUT2D eigenvalue weighted by Gasteiger charge is -2.11. The van der Waals surface area contributed by atoms with Crippen LogP contribution in [0.2, 0.25) is 0 Å². The van der Waals surface area contributed by atoms with E-state index in [1.807, 2.05) is 6.07 Å². The molecular formula is C14H12F2N4O. The van der Waals surface area contributed by atoms with Crippen LogP contribution in [0.1, 0.15) is 5.56 Å². The van der Waals surface area contributed by atoms with Gasteiger partial charge in [0.2, 0.25) is 0 Å². The Morgan fingerprint density at radius 3 is 2.90 bits per heavy atom. The predicted octanol–water partition coefficient (Wildman–Crippen LogP) is 3.17. The van der Waals surface area contributed by atoms with Gasteiger partial charge in [-0.25, -0.2) is 9.97 Å². The van der Waals surface area contributed by atoms with E-state index in [0.717, 1.165) is 5.39 Å². The lowest BCUT2D eigenvalue weighted by molar-refractivity contribution is -0.0504. The molecule has 108 valence electrons. The third-order valence-electron chi connectivity index (χ3n) is 2.99. The first-order chi connectivity index (χ1) is 10.2. The molecule has 0 amide bonds. The molecule has 0 radical (unpaired) electrons. The number of hydrogen-bond donors (Lipinski definition) is 2. The molecule has 0 fully saturated rings. The van der Waals surface area contributed by atoms with E-state index in [9.17, 15) is 8.78 Å². The van der Waals surface area contributed by atoms with Crippen molar-refractivity contribution in [1.82, 2.24) is 15.0 Å². The first-order valence-electron chi connectivity index (χ1n) is 6.29. The summed E-state index contributed by atoms with van der Waals surface area (Å²) in [6.07, 6.45) is 3.20. The third-order valence-corrected chi connectivity index (χ3v) is 2.99. The van der Waals surface area contributed by atoms with Crippen molar-refractivity contribution in [1.29, 1.82) is 0 Å². The zero-order chi connectivity index (χ0) is 14.7. The molecule has 7 heteroatoms. The van der Waals surface area contributed by atoms with Crippen molar-refractivity contribution in [3.8, 4) is 5.75 Å². The van der Waals surface area contributed by atoms with Crippen molar-refractivity contribution in [2.45, 2.75) is 13.2 Å². The minimum Gasteiger partial charge on any atom is -0.434 e. The van der Waals surface area contributed by atoms with Crippen molar-refractivity contribution in [2.75, 3.05) is 5.32 Å². The third kappa shape index (κ3) is 2.91. The molecule has 0 unspecified atom stereocenters. The Hall–Kier alpha value is -2.70. The number of benzene rings is 1. The highest BCUT2D eigenvalue weighted by molar-refractivity contribution is 5.86. The molecular weight excluding hydrogens is 278 g/mol. The Bertz CT molecular complexity index is 744. The molecule has 2 N–H and O–H groups in total. The van der Waals surface area contributed by atoms with Crippen molar-refractivity contribution in [3.05, 3.63) is 48.4 Å². The summed E-state index contributed by atoms with van der Waals surface area (Å²) in [6.45, 7) is -2.53. The average molecular weight is 290 g/mol. The largest absolute Gasteiger partial charge is 0.434 e. The van der Waals surface area contributed by atoms with Gasteiger partial charge in [0, 0.05) is 18.3 Å². The van der Waals surface area contributed by atoms with Gasteiger partial charge in [-0.15, -0.1) is 0 Å². The fourth-order valence-corrected chi connectivity index (χ4v) is 2.05. The fourth-order valence-electron chi connectivity index (χ4n) is 2.05. The number of para-hydroxylation sites is 1. The van der Waals surface area contributed by atoms with Crippen LogP contribution in [0.5, 0.6) is 5.75 Å². The van der Waals surface area contributed by atoms with Gasteiger partial charge in [-0.05, 0) is 12.1 Å². The number of aromatic amines is 1. The van der Waals surface area contributed by atoms with Crippen LogP contribution in [0.15, 0.2) is 42.9 Å². The van der Waals surface area contributed by atoms with Crippen LogP contribution < -0.4 is 10.1 Å². The minimum absolute atomic E-state index is 0.152. The summed E-state index contributed by atoms with van der Waals surface area (Å²) in [5, 5.41) is 3.95. The quantitative estimate of drug-likeness (QED) is 0.757. The lowest BCUT2D eigenvalue weighted by Crippen LogP contribution is -2.07. The highest BCUT2D eigenvalue weighted by Gasteiger charge is 2.10. The second kappa shape index (κ2) is 5.74. The predicted molar refractivity (Wildman–Crippen MR) is 74.3 cm³/mol. The molecule has 0 saturated carbocycles. The number of alkyl halides is 2. The van der Waals surface area contributed by atoms with E-state index >= 15 is 0 Å². The van der Waals surface area contributed by atoms with Gasteiger partial charge < -0.3 is 15.0 Å². The van der Waals surface area contributed by atoms with E-state index in [4.69, 9.17) is 0 Å². The number of H-pyrrole nitrogens is 1. The van der Waals surface area contributed by atoms with Gasteiger partial charge in [-0.2, -0.15) is 8.78 Å². The van der Waals surface area contributed by atoms with Crippen LogP contribution in [0, 0.1) is 0 Å². The number of halogens is 2. The van der Waals surface area contributed by atoms with Crippen LogP contribution in [-0.2, 0) is 6.54 Å². The van der Waals surface area contributed by atoms with Gasteiger partial charge in [0.25, 0.3) is 0 Å². The van der Waals surface area contributed by atoms with Gasteiger partial charge in [0.15, 0.2) is 0 Å². The Kier molecular flexibility index (Phi) is 3.63. The van der Waals surface area contributed by atoms with E-state index in [1.165, 1.54) is 12.4 Å². The normalized spacial score (nSPS) is 11.0. The van der Waals surface area contributed by atoms with Gasteiger partial charge in [0.1, 0.15) is 23.5 Å². The van der Waals surface area contributed by atoms with Crippen LogP contribution >= 0.6 is 0 Å². The Morgan fingerprint density at radius 1 is 1.19 bits per heavy atom. The molecule has 5 nitrogen and oxygen atoms in total. The van der Waals surface area contributed by atoms with Gasteiger partial charge >= 0.3 is 6.61 Å². The topological polar surface area (TPSA) is 62.8 Å².